The molecule has 13 heteroatoms. The summed E-state index contributed by atoms with van der Waals surface area (Å²) < 4.78 is 12.8. The molecule has 0 saturated carbocycles. The summed E-state index contributed by atoms with van der Waals surface area (Å²) in [5, 5.41) is 8.21. The summed E-state index contributed by atoms with van der Waals surface area (Å²) in [6.07, 6.45) is 7.05. The van der Waals surface area contributed by atoms with Crippen molar-refractivity contribution in [3.63, 3.8) is 0 Å². The molecule has 0 N–H and O–H groups in total. The lowest BCUT2D eigenvalue weighted by Crippen LogP contribution is -2.45. The van der Waals surface area contributed by atoms with Crippen LogP contribution in [-0.4, -0.2) is 97.5 Å². The second kappa shape index (κ2) is 16.6. The lowest BCUT2D eigenvalue weighted by Gasteiger charge is -2.34. The van der Waals surface area contributed by atoms with E-state index in [1.807, 2.05) is 61.7 Å². The quantitative estimate of drug-likeness (QED) is 0.120. The Balaban J connectivity index is 1.16. The van der Waals surface area contributed by atoms with Crippen LogP contribution < -0.4 is 9.64 Å². The SMILES string of the molecule is Cc1cc(OCCCc2c3n(c4c(-c5c(C)nn(C)c5C)c(Cl)ccc24)[C@H](C)CN(c2cn(CCN4CCN(C)CC4)c4ccc(-c5ncccn5)cc24)C3=O)cc(C)c1Cl. The molecule has 3 aromatic carbocycles. The van der Waals surface area contributed by atoms with E-state index in [1.54, 1.807) is 12.4 Å². The van der Waals surface area contributed by atoms with E-state index in [4.69, 9.17) is 33.0 Å². The van der Waals surface area contributed by atoms with Crippen molar-refractivity contribution in [1.29, 1.82) is 0 Å². The van der Waals surface area contributed by atoms with Gasteiger partial charge in [0.1, 0.15) is 11.4 Å². The van der Waals surface area contributed by atoms with Crippen LogP contribution in [0.4, 0.5) is 5.69 Å². The number of halogens is 2. The van der Waals surface area contributed by atoms with Crippen LogP contribution in [0.25, 0.3) is 44.3 Å². The highest BCUT2D eigenvalue weighted by Gasteiger charge is 2.38. The van der Waals surface area contributed by atoms with E-state index in [-0.39, 0.29) is 11.9 Å². The summed E-state index contributed by atoms with van der Waals surface area (Å²) in [5.74, 6) is 1.41. The molecule has 2 aliphatic rings. The highest BCUT2D eigenvalue weighted by atomic mass is 35.5. The van der Waals surface area contributed by atoms with Crippen molar-refractivity contribution < 1.29 is 9.53 Å². The van der Waals surface area contributed by atoms with Gasteiger partial charge in [-0.1, -0.05) is 29.3 Å². The first-order valence-electron chi connectivity index (χ1n) is 21.3. The molecule has 9 rings (SSSR count). The Kier molecular flexibility index (Phi) is 11.2. The fourth-order valence-electron chi connectivity index (χ4n) is 9.52. The number of anilines is 1. The first kappa shape index (κ1) is 41.2. The van der Waals surface area contributed by atoms with Gasteiger partial charge in [0.05, 0.1) is 34.0 Å². The predicted molar refractivity (Wildman–Crippen MR) is 247 cm³/mol. The first-order valence-corrected chi connectivity index (χ1v) is 22.0. The minimum atomic E-state index is -0.0842. The standard InChI is InChI=1S/C48H53Cl2N9O2/c1-29-24-35(25-30(2)44(29)50)61-23-8-10-36-37-12-13-39(49)43(42-32(4)53-55(7)33(42)5)45(37)59-31(3)27-58(48(60)46(36)59)41-28-57(22-21-56-19-17-54(6)18-20-56)40-14-11-34(26-38(40)41)47-51-15-9-16-52-47/h9,11-16,24-26,28,31H,8,10,17-23,27H2,1-7H3/t31-/m1/s1. The molecule has 0 spiro atoms. The number of aromatic nitrogens is 6. The predicted octanol–water partition coefficient (Wildman–Crippen LogP) is 9.47. The van der Waals surface area contributed by atoms with E-state index in [9.17, 15) is 0 Å². The lowest BCUT2D eigenvalue weighted by molar-refractivity contribution is 0.0957. The maximum atomic E-state index is 15.6. The molecular weight excluding hydrogens is 805 g/mol. The van der Waals surface area contributed by atoms with Crippen LogP contribution in [0.15, 0.2) is 67.1 Å². The Bertz CT molecular complexity index is 2780. The van der Waals surface area contributed by atoms with Gasteiger partial charge in [-0.25, -0.2) is 9.97 Å². The Hall–Kier alpha value is -5.20. The van der Waals surface area contributed by atoms with E-state index in [1.165, 1.54) is 0 Å². The molecule has 6 heterocycles. The fourth-order valence-corrected chi connectivity index (χ4v) is 9.88. The van der Waals surface area contributed by atoms with E-state index < -0.39 is 0 Å². The monoisotopic (exact) mass is 857 g/mol. The second-order valence-electron chi connectivity index (χ2n) is 16.9. The number of hydrogen-bond acceptors (Lipinski definition) is 7. The molecule has 0 unspecified atom stereocenters. The zero-order valence-electron chi connectivity index (χ0n) is 36.1. The highest BCUT2D eigenvalue weighted by Crippen LogP contribution is 2.46. The number of fused-ring (bicyclic) bond motifs is 4. The van der Waals surface area contributed by atoms with Crippen LogP contribution in [0.5, 0.6) is 5.75 Å². The zero-order chi connectivity index (χ0) is 42.7. The number of ether oxygens (including phenoxy) is 1. The van der Waals surface area contributed by atoms with Crippen LogP contribution in [-0.2, 0) is 20.0 Å². The van der Waals surface area contributed by atoms with Gasteiger partial charge in [0, 0.05) is 116 Å². The first-order chi connectivity index (χ1) is 29.4. The minimum absolute atomic E-state index is 0.0321. The molecule has 4 aromatic heterocycles. The largest absolute Gasteiger partial charge is 0.494 e. The Morgan fingerprint density at radius 3 is 2.31 bits per heavy atom. The molecule has 11 nitrogen and oxygen atoms in total. The van der Waals surface area contributed by atoms with Crippen molar-refractivity contribution in [1.82, 2.24) is 38.7 Å². The number of piperazine rings is 1. The van der Waals surface area contributed by atoms with Gasteiger partial charge < -0.3 is 23.7 Å². The van der Waals surface area contributed by atoms with Gasteiger partial charge in [-0.3, -0.25) is 14.4 Å². The maximum Gasteiger partial charge on any atom is 0.275 e. The molecule has 1 amide bonds. The third kappa shape index (κ3) is 7.49. The van der Waals surface area contributed by atoms with Crippen molar-refractivity contribution in [2.45, 2.75) is 60.0 Å². The maximum absolute atomic E-state index is 15.6. The van der Waals surface area contributed by atoms with Crippen molar-refractivity contribution in [2.24, 2.45) is 7.05 Å². The third-order valence-electron chi connectivity index (χ3n) is 12.8. The fraction of sp³-hybridized carbons (Fsp3) is 0.375. The van der Waals surface area contributed by atoms with Gasteiger partial charge in [0.15, 0.2) is 5.82 Å². The summed E-state index contributed by atoms with van der Waals surface area (Å²) in [6.45, 7) is 17.2. The topological polar surface area (TPSA) is 89.5 Å². The number of carbonyl (C=O) groups excluding carboxylic acids is 1. The summed E-state index contributed by atoms with van der Waals surface area (Å²) in [4.78, 5) is 31.7. The van der Waals surface area contributed by atoms with Crippen LogP contribution in [0.1, 0.15) is 58.0 Å². The van der Waals surface area contributed by atoms with Gasteiger partial charge in [-0.2, -0.15) is 5.10 Å². The van der Waals surface area contributed by atoms with Gasteiger partial charge in [0.25, 0.3) is 5.91 Å². The number of nitrogens with zero attached hydrogens (tertiary/aromatic N) is 9. The molecular formula is C48H53Cl2N9O2. The van der Waals surface area contributed by atoms with Crippen LogP contribution in [0.3, 0.4) is 0 Å². The molecule has 2 aliphatic heterocycles. The van der Waals surface area contributed by atoms with E-state index in [0.717, 1.165) is 122 Å². The van der Waals surface area contributed by atoms with Crippen molar-refractivity contribution in [3.05, 3.63) is 111 Å². The molecule has 1 fully saturated rings. The van der Waals surface area contributed by atoms with E-state index in [2.05, 4.69) is 80.3 Å². The average molecular weight is 859 g/mol. The van der Waals surface area contributed by atoms with E-state index in [0.29, 0.717) is 42.5 Å². The van der Waals surface area contributed by atoms with Gasteiger partial charge in [-0.15, -0.1) is 0 Å². The Labute approximate surface area is 367 Å². The summed E-state index contributed by atoms with van der Waals surface area (Å²) >= 11 is 13.7. The van der Waals surface area contributed by atoms with Gasteiger partial charge in [0.2, 0.25) is 0 Å². The molecule has 61 heavy (non-hydrogen) atoms. The molecule has 7 aromatic rings. The summed E-state index contributed by atoms with van der Waals surface area (Å²) in [7, 11) is 4.15. The summed E-state index contributed by atoms with van der Waals surface area (Å²) in [6, 6.07) is 16.2. The number of aryl methyl sites for hydroxylation is 5. The zero-order valence-corrected chi connectivity index (χ0v) is 37.6. The molecule has 0 bridgehead atoms. The molecule has 316 valence electrons. The number of benzene rings is 3. The number of likely N-dealkylation sites (N-methyl/N-ethyl adjacent to an activating group) is 1. The van der Waals surface area contributed by atoms with Crippen molar-refractivity contribution >= 4 is 56.6 Å². The number of carbonyl (C=O) groups is 1. The van der Waals surface area contributed by atoms with E-state index >= 15 is 4.79 Å². The van der Waals surface area contributed by atoms with Crippen LogP contribution in [0, 0.1) is 27.7 Å². The molecule has 1 atom stereocenters. The average Bonchev–Trinajstić information content (AvgIpc) is 3.87. The number of rotatable bonds is 11. The Morgan fingerprint density at radius 2 is 1.61 bits per heavy atom. The van der Waals surface area contributed by atoms with Gasteiger partial charge >= 0.3 is 0 Å². The van der Waals surface area contributed by atoms with Crippen LogP contribution >= 0.6 is 23.2 Å². The molecule has 1 saturated heterocycles. The second-order valence-corrected chi connectivity index (χ2v) is 17.7. The molecule has 0 radical (unpaired) electrons. The number of hydrogen-bond donors (Lipinski definition) is 0. The van der Waals surface area contributed by atoms with Crippen molar-refractivity contribution in [2.75, 3.05) is 57.8 Å². The van der Waals surface area contributed by atoms with Crippen LogP contribution in [0.2, 0.25) is 10.0 Å². The Morgan fingerprint density at radius 1 is 0.869 bits per heavy atom. The minimum Gasteiger partial charge on any atom is -0.494 e. The van der Waals surface area contributed by atoms with Crippen molar-refractivity contribution in [3.8, 4) is 28.3 Å². The summed E-state index contributed by atoms with van der Waals surface area (Å²) in [5.41, 5.74) is 11.3. The molecule has 0 aliphatic carbocycles. The highest BCUT2D eigenvalue weighted by molar-refractivity contribution is 6.35. The lowest BCUT2D eigenvalue weighted by atomic mass is 9.98. The smallest absolute Gasteiger partial charge is 0.275 e. The number of amides is 1. The normalized spacial score (nSPS) is 16.3. The van der Waals surface area contributed by atoms with Gasteiger partial charge in [-0.05, 0) is 114 Å². The third-order valence-corrected chi connectivity index (χ3v) is 13.7.